The minimum atomic E-state index is 0.540. The number of hydrogen-bond donors (Lipinski definition) is 1. The van der Waals surface area contributed by atoms with E-state index in [4.69, 9.17) is 5.73 Å². The molecule has 0 bridgehead atoms. The second-order valence-electron chi connectivity index (χ2n) is 4.31. The largest absolute Gasteiger partial charge is 0.326 e. The van der Waals surface area contributed by atoms with Gasteiger partial charge in [-0.1, -0.05) is 6.08 Å². The van der Waals surface area contributed by atoms with Crippen LogP contribution in [0.2, 0.25) is 0 Å². The van der Waals surface area contributed by atoms with Crippen molar-refractivity contribution in [3.05, 3.63) is 34.0 Å². The molecule has 0 aliphatic carbocycles. The summed E-state index contributed by atoms with van der Waals surface area (Å²) < 4.78 is 0. The third-order valence-electron chi connectivity index (χ3n) is 2.74. The van der Waals surface area contributed by atoms with Crippen molar-refractivity contribution in [2.45, 2.75) is 39.9 Å². The molecule has 0 unspecified atom stereocenters. The van der Waals surface area contributed by atoms with Crippen LogP contribution in [0, 0.1) is 6.92 Å². The first-order chi connectivity index (χ1) is 7.58. The molecule has 2 N–H and O–H groups in total. The number of thiophene rings is 1. The lowest BCUT2D eigenvalue weighted by Gasteiger charge is -2.24. The molecule has 1 rings (SSSR count). The van der Waals surface area contributed by atoms with Crippen molar-refractivity contribution >= 4 is 11.3 Å². The highest BCUT2D eigenvalue weighted by atomic mass is 32.1. The minimum absolute atomic E-state index is 0.540. The first-order valence-electron chi connectivity index (χ1n) is 5.71. The number of rotatable bonds is 6. The lowest BCUT2D eigenvalue weighted by atomic mass is 10.2. The third-order valence-corrected chi connectivity index (χ3v) is 3.86. The van der Waals surface area contributed by atoms with Crippen molar-refractivity contribution in [2.24, 2.45) is 5.73 Å². The second-order valence-corrected chi connectivity index (χ2v) is 5.65. The Morgan fingerprint density at radius 1 is 1.56 bits per heavy atom. The maximum atomic E-state index is 5.66. The van der Waals surface area contributed by atoms with E-state index in [0.29, 0.717) is 12.6 Å². The molecule has 0 amide bonds. The Morgan fingerprint density at radius 3 is 2.69 bits per heavy atom. The predicted molar refractivity (Wildman–Crippen MR) is 72.7 cm³/mol. The maximum absolute atomic E-state index is 5.66. The lowest BCUT2D eigenvalue weighted by Crippen LogP contribution is -2.30. The van der Waals surface area contributed by atoms with Crippen LogP contribution in [0.4, 0.5) is 0 Å². The van der Waals surface area contributed by atoms with Gasteiger partial charge < -0.3 is 5.73 Å². The molecule has 3 heteroatoms. The molecule has 0 saturated carbocycles. The van der Waals surface area contributed by atoms with Crippen LogP contribution in [-0.4, -0.2) is 17.5 Å². The van der Waals surface area contributed by atoms with Gasteiger partial charge >= 0.3 is 0 Å². The Balaban J connectivity index is 2.75. The van der Waals surface area contributed by atoms with Gasteiger partial charge in [0, 0.05) is 35.4 Å². The standard InChI is InChI=1S/C13H22N2S/c1-5-6-15(10(2)3)9-12-7-13(8-14)16-11(12)4/h5,7,10H,1,6,8-9,14H2,2-4H3. The molecule has 2 nitrogen and oxygen atoms in total. The Labute approximate surface area is 103 Å². The first-order valence-corrected chi connectivity index (χ1v) is 6.53. The molecule has 0 atom stereocenters. The number of aryl methyl sites for hydroxylation is 1. The second kappa shape index (κ2) is 6.18. The van der Waals surface area contributed by atoms with Crippen LogP contribution in [0.25, 0.3) is 0 Å². The zero-order valence-electron chi connectivity index (χ0n) is 10.5. The molecular formula is C13H22N2S. The lowest BCUT2D eigenvalue weighted by molar-refractivity contribution is 0.237. The van der Waals surface area contributed by atoms with Crippen LogP contribution in [-0.2, 0) is 13.1 Å². The van der Waals surface area contributed by atoms with Crippen molar-refractivity contribution in [3.8, 4) is 0 Å². The monoisotopic (exact) mass is 238 g/mol. The highest BCUT2D eigenvalue weighted by Crippen LogP contribution is 2.23. The van der Waals surface area contributed by atoms with Crippen LogP contribution in [0.3, 0.4) is 0 Å². The van der Waals surface area contributed by atoms with Gasteiger partial charge in [-0.2, -0.15) is 0 Å². The van der Waals surface area contributed by atoms with Gasteiger partial charge in [0.25, 0.3) is 0 Å². The van der Waals surface area contributed by atoms with Gasteiger partial charge in [-0.05, 0) is 32.4 Å². The van der Waals surface area contributed by atoms with Gasteiger partial charge in [-0.15, -0.1) is 17.9 Å². The Kier molecular flexibility index (Phi) is 5.19. The van der Waals surface area contributed by atoms with Crippen molar-refractivity contribution in [2.75, 3.05) is 6.54 Å². The normalized spacial score (nSPS) is 11.4. The van der Waals surface area contributed by atoms with E-state index in [0.717, 1.165) is 13.1 Å². The summed E-state index contributed by atoms with van der Waals surface area (Å²) in [5.41, 5.74) is 7.07. The number of hydrogen-bond acceptors (Lipinski definition) is 3. The van der Waals surface area contributed by atoms with Gasteiger partial charge in [0.15, 0.2) is 0 Å². The van der Waals surface area contributed by atoms with Crippen LogP contribution in [0.5, 0.6) is 0 Å². The molecule has 1 aromatic rings. The van der Waals surface area contributed by atoms with E-state index in [1.165, 1.54) is 15.3 Å². The summed E-state index contributed by atoms with van der Waals surface area (Å²) in [5, 5.41) is 0. The van der Waals surface area contributed by atoms with E-state index in [2.05, 4.69) is 38.3 Å². The predicted octanol–water partition coefficient (Wildman–Crippen LogP) is 2.91. The summed E-state index contributed by atoms with van der Waals surface area (Å²) in [5.74, 6) is 0. The van der Waals surface area contributed by atoms with Gasteiger partial charge in [0.2, 0.25) is 0 Å². The van der Waals surface area contributed by atoms with Crippen molar-refractivity contribution in [3.63, 3.8) is 0 Å². The molecule has 0 aliphatic heterocycles. The van der Waals surface area contributed by atoms with E-state index in [1.807, 2.05) is 17.4 Å². The summed E-state index contributed by atoms with van der Waals surface area (Å²) in [6, 6.07) is 2.77. The molecule has 0 aliphatic rings. The Morgan fingerprint density at radius 2 is 2.25 bits per heavy atom. The zero-order chi connectivity index (χ0) is 12.1. The maximum Gasteiger partial charge on any atom is 0.0274 e. The molecule has 0 radical (unpaired) electrons. The van der Waals surface area contributed by atoms with E-state index < -0.39 is 0 Å². The molecule has 16 heavy (non-hydrogen) atoms. The fourth-order valence-electron chi connectivity index (χ4n) is 1.69. The molecular weight excluding hydrogens is 216 g/mol. The van der Waals surface area contributed by atoms with Crippen molar-refractivity contribution in [1.82, 2.24) is 4.90 Å². The number of nitrogens with zero attached hydrogens (tertiary/aromatic N) is 1. The fraction of sp³-hybridized carbons (Fsp3) is 0.538. The Bertz CT molecular complexity index is 342. The average molecular weight is 238 g/mol. The van der Waals surface area contributed by atoms with E-state index in [9.17, 15) is 0 Å². The minimum Gasteiger partial charge on any atom is -0.326 e. The van der Waals surface area contributed by atoms with Crippen molar-refractivity contribution in [1.29, 1.82) is 0 Å². The molecule has 0 saturated heterocycles. The third kappa shape index (κ3) is 3.44. The van der Waals surface area contributed by atoms with Crippen LogP contribution >= 0.6 is 11.3 Å². The summed E-state index contributed by atoms with van der Waals surface area (Å²) in [6.07, 6.45) is 1.96. The fourth-order valence-corrected chi connectivity index (χ4v) is 2.62. The summed E-state index contributed by atoms with van der Waals surface area (Å²) in [4.78, 5) is 5.06. The van der Waals surface area contributed by atoms with Crippen molar-refractivity contribution < 1.29 is 0 Å². The van der Waals surface area contributed by atoms with Gasteiger partial charge in [0.1, 0.15) is 0 Å². The van der Waals surface area contributed by atoms with Crippen LogP contribution in [0.1, 0.15) is 29.2 Å². The van der Waals surface area contributed by atoms with E-state index in [-0.39, 0.29) is 0 Å². The van der Waals surface area contributed by atoms with Gasteiger partial charge in [0.05, 0.1) is 0 Å². The molecule has 1 heterocycles. The van der Waals surface area contributed by atoms with Gasteiger partial charge in [-0.25, -0.2) is 0 Å². The first kappa shape index (κ1) is 13.4. The highest BCUT2D eigenvalue weighted by Gasteiger charge is 2.11. The molecule has 0 fully saturated rings. The topological polar surface area (TPSA) is 29.3 Å². The zero-order valence-corrected chi connectivity index (χ0v) is 11.3. The summed E-state index contributed by atoms with van der Waals surface area (Å²) in [6.45, 7) is 13.0. The van der Waals surface area contributed by atoms with Crippen LogP contribution in [0.15, 0.2) is 18.7 Å². The molecule has 0 spiro atoms. The molecule has 0 aromatic carbocycles. The average Bonchev–Trinajstić information content (AvgIpc) is 2.59. The van der Waals surface area contributed by atoms with E-state index in [1.54, 1.807) is 0 Å². The highest BCUT2D eigenvalue weighted by molar-refractivity contribution is 7.12. The summed E-state index contributed by atoms with van der Waals surface area (Å²) >= 11 is 1.81. The quantitative estimate of drug-likeness (QED) is 0.772. The van der Waals surface area contributed by atoms with Crippen LogP contribution < -0.4 is 5.73 Å². The van der Waals surface area contributed by atoms with E-state index >= 15 is 0 Å². The van der Waals surface area contributed by atoms with Gasteiger partial charge in [-0.3, -0.25) is 4.90 Å². The Hall–Kier alpha value is -0.640. The molecule has 1 aromatic heterocycles. The molecule has 90 valence electrons. The SMILES string of the molecule is C=CCN(Cc1cc(CN)sc1C)C(C)C. The number of nitrogens with two attached hydrogens (primary N) is 1. The summed E-state index contributed by atoms with van der Waals surface area (Å²) in [7, 11) is 0. The smallest absolute Gasteiger partial charge is 0.0274 e.